The molecule has 6 heteroatoms. The number of amides is 1. The summed E-state index contributed by atoms with van der Waals surface area (Å²) in [6, 6.07) is 3.80. The summed E-state index contributed by atoms with van der Waals surface area (Å²) in [7, 11) is 4.13. The van der Waals surface area contributed by atoms with Gasteiger partial charge in [-0.05, 0) is 26.2 Å². The Kier molecular flexibility index (Phi) is 5.83. The van der Waals surface area contributed by atoms with Crippen molar-refractivity contribution in [2.24, 2.45) is 5.84 Å². The van der Waals surface area contributed by atoms with Crippen molar-refractivity contribution >= 4 is 29.0 Å². The fourth-order valence-electron chi connectivity index (χ4n) is 1.07. The van der Waals surface area contributed by atoms with Crippen molar-refractivity contribution in [2.75, 3.05) is 26.4 Å². The van der Waals surface area contributed by atoms with Crippen LogP contribution in [0.25, 0.3) is 0 Å². The number of hydrogen-bond donors (Lipinski definition) is 2. The van der Waals surface area contributed by atoms with Crippen molar-refractivity contribution in [1.82, 2.24) is 10.3 Å². The van der Waals surface area contributed by atoms with Gasteiger partial charge >= 0.3 is 0 Å². The number of hydrogen-bond acceptors (Lipinski definition) is 5. The molecule has 16 heavy (non-hydrogen) atoms. The maximum atomic E-state index is 11.2. The van der Waals surface area contributed by atoms with E-state index < -0.39 is 0 Å². The molecule has 0 aliphatic heterocycles. The fourth-order valence-corrected chi connectivity index (χ4v) is 3.20. The third kappa shape index (κ3) is 4.52. The minimum Gasteiger partial charge on any atom is -0.309 e. The Balaban J connectivity index is 2.32. The van der Waals surface area contributed by atoms with Crippen molar-refractivity contribution < 1.29 is 4.79 Å². The van der Waals surface area contributed by atoms with Crippen LogP contribution in [0.3, 0.4) is 0 Å². The second-order valence-electron chi connectivity index (χ2n) is 3.60. The summed E-state index contributed by atoms with van der Waals surface area (Å²) in [6.45, 7) is 1.08. The van der Waals surface area contributed by atoms with Crippen LogP contribution in [0, 0.1) is 0 Å². The quantitative estimate of drug-likeness (QED) is 0.348. The van der Waals surface area contributed by atoms with Crippen molar-refractivity contribution in [3.8, 4) is 0 Å². The van der Waals surface area contributed by atoms with Crippen molar-refractivity contribution in [1.29, 1.82) is 0 Å². The van der Waals surface area contributed by atoms with Gasteiger partial charge in [0.25, 0.3) is 5.91 Å². The number of nitrogen functional groups attached to an aromatic ring is 1. The van der Waals surface area contributed by atoms with Crippen LogP contribution in [-0.2, 0) is 5.75 Å². The summed E-state index contributed by atoms with van der Waals surface area (Å²) >= 11 is 3.37. The van der Waals surface area contributed by atoms with Crippen LogP contribution in [0.15, 0.2) is 12.1 Å². The maximum absolute atomic E-state index is 11.2. The highest BCUT2D eigenvalue weighted by atomic mass is 32.2. The predicted molar refractivity (Wildman–Crippen MR) is 70.7 cm³/mol. The average Bonchev–Trinajstić information content (AvgIpc) is 2.71. The molecule has 90 valence electrons. The van der Waals surface area contributed by atoms with E-state index in [-0.39, 0.29) is 5.91 Å². The number of carbonyl (C=O) groups is 1. The number of nitrogens with two attached hydrogens (primary N) is 1. The molecule has 3 N–H and O–H groups in total. The third-order valence-corrected chi connectivity index (χ3v) is 4.20. The summed E-state index contributed by atoms with van der Waals surface area (Å²) in [6.07, 6.45) is 0. The molecule has 0 aliphatic rings. The maximum Gasteiger partial charge on any atom is 0.275 e. The summed E-state index contributed by atoms with van der Waals surface area (Å²) in [5.41, 5.74) is 2.13. The molecule has 0 fully saturated rings. The fraction of sp³-hybridized carbons (Fsp3) is 0.500. The number of hydrazine groups is 1. The van der Waals surface area contributed by atoms with Gasteiger partial charge in [0.15, 0.2) is 0 Å². The lowest BCUT2D eigenvalue weighted by atomic mass is 10.4. The highest BCUT2D eigenvalue weighted by Crippen LogP contribution is 2.21. The first-order chi connectivity index (χ1) is 7.63. The minimum atomic E-state index is -0.213. The molecular weight excluding hydrogens is 242 g/mol. The first kappa shape index (κ1) is 13.5. The Hall–Kier alpha value is -0.560. The van der Waals surface area contributed by atoms with E-state index in [1.54, 1.807) is 0 Å². The highest BCUT2D eigenvalue weighted by molar-refractivity contribution is 7.98. The zero-order valence-corrected chi connectivity index (χ0v) is 11.2. The Bertz CT molecular complexity index is 339. The monoisotopic (exact) mass is 259 g/mol. The van der Waals surface area contributed by atoms with E-state index in [1.807, 2.05) is 23.9 Å². The van der Waals surface area contributed by atoms with E-state index in [4.69, 9.17) is 5.84 Å². The van der Waals surface area contributed by atoms with Gasteiger partial charge in [0.1, 0.15) is 0 Å². The van der Waals surface area contributed by atoms with Crippen molar-refractivity contribution in [3.63, 3.8) is 0 Å². The lowest BCUT2D eigenvalue weighted by Crippen LogP contribution is -2.29. The predicted octanol–water partition coefficient (Wildman–Crippen LogP) is 1.15. The molecule has 0 aliphatic carbocycles. The number of carbonyl (C=O) groups excluding carboxylic acids is 1. The van der Waals surface area contributed by atoms with Gasteiger partial charge in [-0.25, -0.2) is 5.84 Å². The number of thiophene rings is 1. The molecule has 0 radical (unpaired) electrons. The largest absolute Gasteiger partial charge is 0.309 e. The molecule has 1 heterocycles. The lowest BCUT2D eigenvalue weighted by Gasteiger charge is -2.07. The van der Waals surface area contributed by atoms with Crippen LogP contribution in [0.2, 0.25) is 0 Å². The van der Waals surface area contributed by atoms with E-state index in [2.05, 4.69) is 24.4 Å². The van der Waals surface area contributed by atoms with E-state index in [9.17, 15) is 4.79 Å². The van der Waals surface area contributed by atoms with E-state index in [1.165, 1.54) is 16.2 Å². The molecule has 0 unspecified atom stereocenters. The van der Waals surface area contributed by atoms with Gasteiger partial charge < -0.3 is 4.90 Å². The van der Waals surface area contributed by atoms with E-state index in [0.29, 0.717) is 4.88 Å². The van der Waals surface area contributed by atoms with E-state index >= 15 is 0 Å². The standard InChI is InChI=1S/C10H17N3OS2/c1-13(2)5-6-15-7-8-3-4-9(16-8)10(14)12-11/h3-4H,5-7,11H2,1-2H3,(H,12,14). The second kappa shape index (κ2) is 6.90. The van der Waals surface area contributed by atoms with Gasteiger partial charge in [0.2, 0.25) is 0 Å². The van der Waals surface area contributed by atoms with Crippen LogP contribution >= 0.6 is 23.1 Å². The average molecular weight is 259 g/mol. The van der Waals surface area contributed by atoms with Gasteiger partial charge in [0, 0.05) is 22.9 Å². The Morgan fingerprint density at radius 1 is 1.56 bits per heavy atom. The number of nitrogens with zero attached hydrogens (tertiary/aromatic N) is 1. The molecule has 0 bridgehead atoms. The molecule has 0 aromatic carbocycles. The summed E-state index contributed by atoms with van der Waals surface area (Å²) < 4.78 is 0. The molecular formula is C10H17N3OS2. The highest BCUT2D eigenvalue weighted by Gasteiger charge is 2.07. The van der Waals surface area contributed by atoms with Gasteiger partial charge in [-0.2, -0.15) is 11.8 Å². The van der Waals surface area contributed by atoms with Gasteiger partial charge in [-0.3, -0.25) is 10.2 Å². The van der Waals surface area contributed by atoms with Gasteiger partial charge in [-0.15, -0.1) is 11.3 Å². The zero-order chi connectivity index (χ0) is 12.0. The lowest BCUT2D eigenvalue weighted by molar-refractivity contribution is 0.0957. The molecule has 0 spiro atoms. The normalized spacial score (nSPS) is 10.8. The first-order valence-corrected chi connectivity index (χ1v) is 6.92. The Morgan fingerprint density at radius 2 is 2.31 bits per heavy atom. The molecule has 0 saturated carbocycles. The second-order valence-corrected chi connectivity index (χ2v) is 5.87. The zero-order valence-electron chi connectivity index (χ0n) is 9.53. The van der Waals surface area contributed by atoms with Crippen molar-refractivity contribution in [2.45, 2.75) is 5.75 Å². The molecule has 1 amide bonds. The summed E-state index contributed by atoms with van der Waals surface area (Å²) in [5, 5.41) is 0. The van der Waals surface area contributed by atoms with Crippen LogP contribution in [0.5, 0.6) is 0 Å². The van der Waals surface area contributed by atoms with Crippen molar-refractivity contribution in [3.05, 3.63) is 21.9 Å². The number of rotatable bonds is 6. The van der Waals surface area contributed by atoms with Crippen LogP contribution in [0.1, 0.15) is 14.5 Å². The summed E-state index contributed by atoms with van der Waals surface area (Å²) in [4.78, 5) is 15.3. The molecule has 1 aromatic rings. The molecule has 4 nitrogen and oxygen atoms in total. The topological polar surface area (TPSA) is 58.4 Å². The first-order valence-electron chi connectivity index (χ1n) is 4.95. The smallest absolute Gasteiger partial charge is 0.275 e. The Morgan fingerprint density at radius 3 is 2.94 bits per heavy atom. The Labute approximate surface area is 104 Å². The number of thioether (sulfide) groups is 1. The van der Waals surface area contributed by atoms with Crippen LogP contribution in [0.4, 0.5) is 0 Å². The minimum absolute atomic E-state index is 0.213. The van der Waals surface area contributed by atoms with Crippen LogP contribution in [-0.4, -0.2) is 37.2 Å². The van der Waals surface area contributed by atoms with Crippen LogP contribution < -0.4 is 11.3 Å². The number of nitrogens with one attached hydrogen (secondary N) is 1. The molecule has 0 saturated heterocycles. The van der Waals surface area contributed by atoms with E-state index in [0.717, 1.165) is 18.1 Å². The van der Waals surface area contributed by atoms with Gasteiger partial charge in [0.05, 0.1) is 4.88 Å². The third-order valence-electron chi connectivity index (χ3n) is 1.94. The molecule has 1 aromatic heterocycles. The van der Waals surface area contributed by atoms with Gasteiger partial charge in [-0.1, -0.05) is 0 Å². The SMILES string of the molecule is CN(C)CCSCc1ccc(C(=O)NN)s1. The summed E-state index contributed by atoms with van der Waals surface area (Å²) in [5.74, 6) is 6.91. The molecule has 1 rings (SSSR count). The molecule has 0 atom stereocenters.